The number of hydrogen-bond donors (Lipinski definition) is 1. The van der Waals surface area contributed by atoms with Gasteiger partial charge in [-0.1, -0.05) is 50.6 Å². The molecule has 1 heterocycles. The number of piperazine rings is 1. The minimum absolute atomic E-state index is 0.104. The number of para-hydroxylation sites is 1. The standard InChI is InChI=1S/C27H36N4O/c1-22(2)25-8-5-6-9-26(25)31-18-16-30(17-19-31)15-7-3-4-10-27(32)29-21-24-13-11-23(20-28)12-14-24/h5-6,8-9,11-14,22H,3-4,7,10,15-19,21H2,1-2H3,(H,29,32). The van der Waals surface area contributed by atoms with Crippen molar-refractivity contribution in [1.29, 1.82) is 5.26 Å². The maximum Gasteiger partial charge on any atom is 0.220 e. The van der Waals surface area contributed by atoms with Gasteiger partial charge < -0.3 is 10.2 Å². The molecule has 3 rings (SSSR count). The normalized spacial score (nSPS) is 14.4. The number of hydrogen-bond acceptors (Lipinski definition) is 4. The van der Waals surface area contributed by atoms with Crippen molar-refractivity contribution in [2.24, 2.45) is 0 Å². The van der Waals surface area contributed by atoms with Gasteiger partial charge in [-0.2, -0.15) is 5.26 Å². The van der Waals surface area contributed by atoms with Crippen LogP contribution in [0, 0.1) is 11.3 Å². The van der Waals surface area contributed by atoms with E-state index in [0.717, 1.165) is 57.5 Å². The highest BCUT2D eigenvalue weighted by Gasteiger charge is 2.19. The van der Waals surface area contributed by atoms with E-state index in [1.807, 2.05) is 12.1 Å². The molecule has 170 valence electrons. The number of rotatable bonds is 10. The van der Waals surface area contributed by atoms with Gasteiger partial charge in [-0.3, -0.25) is 9.69 Å². The van der Waals surface area contributed by atoms with E-state index in [1.165, 1.54) is 11.3 Å². The Morgan fingerprint density at radius 2 is 1.72 bits per heavy atom. The van der Waals surface area contributed by atoms with Crippen LogP contribution in [-0.4, -0.2) is 43.5 Å². The first kappa shape index (κ1) is 23.8. The van der Waals surface area contributed by atoms with E-state index in [2.05, 4.69) is 59.3 Å². The summed E-state index contributed by atoms with van der Waals surface area (Å²) in [6, 6.07) is 18.3. The Labute approximate surface area is 193 Å². The number of nitrogens with one attached hydrogen (secondary N) is 1. The average molecular weight is 433 g/mol. The molecule has 0 spiro atoms. The van der Waals surface area contributed by atoms with Crippen molar-refractivity contribution in [3.8, 4) is 6.07 Å². The zero-order valence-corrected chi connectivity index (χ0v) is 19.5. The molecule has 1 aliphatic rings. The van der Waals surface area contributed by atoms with Crippen molar-refractivity contribution in [2.75, 3.05) is 37.6 Å². The Kier molecular flexibility index (Phi) is 9.13. The number of anilines is 1. The molecule has 2 aromatic rings. The first-order chi connectivity index (χ1) is 15.6. The van der Waals surface area contributed by atoms with Crippen LogP contribution in [0.25, 0.3) is 0 Å². The minimum atomic E-state index is 0.104. The molecule has 0 aliphatic carbocycles. The summed E-state index contributed by atoms with van der Waals surface area (Å²) >= 11 is 0. The zero-order chi connectivity index (χ0) is 22.8. The molecule has 1 fully saturated rings. The topological polar surface area (TPSA) is 59.4 Å². The summed E-state index contributed by atoms with van der Waals surface area (Å²) in [5.41, 5.74) is 4.50. The second-order valence-electron chi connectivity index (χ2n) is 8.94. The van der Waals surface area contributed by atoms with Crippen LogP contribution in [0.1, 0.15) is 62.1 Å². The van der Waals surface area contributed by atoms with E-state index >= 15 is 0 Å². The summed E-state index contributed by atoms with van der Waals surface area (Å²) in [6.45, 7) is 10.6. The molecule has 0 aromatic heterocycles. The molecular weight excluding hydrogens is 396 g/mol. The Bertz CT molecular complexity index is 893. The van der Waals surface area contributed by atoms with Crippen LogP contribution in [0.4, 0.5) is 5.69 Å². The highest BCUT2D eigenvalue weighted by Crippen LogP contribution is 2.28. The van der Waals surface area contributed by atoms with Gasteiger partial charge in [0.1, 0.15) is 0 Å². The van der Waals surface area contributed by atoms with Crippen molar-refractivity contribution in [2.45, 2.75) is 52.0 Å². The molecule has 5 nitrogen and oxygen atoms in total. The molecular formula is C27H36N4O. The molecule has 1 saturated heterocycles. The highest BCUT2D eigenvalue weighted by molar-refractivity contribution is 5.75. The number of nitriles is 1. The Morgan fingerprint density at radius 3 is 2.41 bits per heavy atom. The number of unbranched alkanes of at least 4 members (excludes halogenated alkanes) is 2. The lowest BCUT2D eigenvalue weighted by Gasteiger charge is -2.37. The first-order valence-electron chi connectivity index (χ1n) is 11.9. The Balaban J connectivity index is 1.27. The smallest absolute Gasteiger partial charge is 0.220 e. The zero-order valence-electron chi connectivity index (χ0n) is 19.5. The number of carbonyl (C=O) groups excluding carboxylic acids is 1. The van der Waals surface area contributed by atoms with Gasteiger partial charge >= 0.3 is 0 Å². The maximum atomic E-state index is 12.1. The molecule has 0 bridgehead atoms. The van der Waals surface area contributed by atoms with Gasteiger partial charge in [-0.15, -0.1) is 0 Å². The van der Waals surface area contributed by atoms with Crippen LogP contribution in [0.2, 0.25) is 0 Å². The molecule has 5 heteroatoms. The van der Waals surface area contributed by atoms with Crippen molar-refractivity contribution >= 4 is 11.6 Å². The quantitative estimate of drug-likeness (QED) is 0.554. The molecule has 0 unspecified atom stereocenters. The molecule has 1 amide bonds. The predicted octanol–water partition coefficient (Wildman–Crippen LogP) is 4.68. The predicted molar refractivity (Wildman–Crippen MR) is 131 cm³/mol. The number of carbonyl (C=O) groups is 1. The van der Waals surface area contributed by atoms with Gasteiger partial charge in [0.05, 0.1) is 11.6 Å². The van der Waals surface area contributed by atoms with Gasteiger partial charge in [0.15, 0.2) is 0 Å². The van der Waals surface area contributed by atoms with E-state index in [1.54, 1.807) is 12.1 Å². The minimum Gasteiger partial charge on any atom is -0.369 e. The van der Waals surface area contributed by atoms with Crippen molar-refractivity contribution < 1.29 is 4.79 Å². The SMILES string of the molecule is CC(C)c1ccccc1N1CCN(CCCCCC(=O)NCc2ccc(C#N)cc2)CC1. The summed E-state index contributed by atoms with van der Waals surface area (Å²) < 4.78 is 0. The molecule has 0 atom stereocenters. The summed E-state index contributed by atoms with van der Waals surface area (Å²) in [5, 5.41) is 11.8. The van der Waals surface area contributed by atoms with Gasteiger partial charge in [0.2, 0.25) is 5.91 Å². The molecule has 1 N–H and O–H groups in total. The van der Waals surface area contributed by atoms with Crippen LogP contribution in [-0.2, 0) is 11.3 Å². The van der Waals surface area contributed by atoms with Crippen LogP contribution in [0.15, 0.2) is 48.5 Å². The Hall–Kier alpha value is -2.84. The summed E-state index contributed by atoms with van der Waals surface area (Å²) in [5.74, 6) is 0.650. The molecule has 1 aliphatic heterocycles. The summed E-state index contributed by atoms with van der Waals surface area (Å²) in [7, 11) is 0. The third-order valence-electron chi connectivity index (χ3n) is 6.22. The van der Waals surface area contributed by atoms with Crippen LogP contribution in [0.5, 0.6) is 0 Å². The summed E-state index contributed by atoms with van der Waals surface area (Å²) in [4.78, 5) is 17.2. The second kappa shape index (κ2) is 12.3. The average Bonchev–Trinajstić information content (AvgIpc) is 2.83. The van der Waals surface area contributed by atoms with E-state index in [9.17, 15) is 4.79 Å². The lowest BCUT2D eigenvalue weighted by atomic mass is 10.00. The third-order valence-corrected chi connectivity index (χ3v) is 6.22. The van der Waals surface area contributed by atoms with E-state index in [-0.39, 0.29) is 5.91 Å². The first-order valence-corrected chi connectivity index (χ1v) is 11.9. The summed E-state index contributed by atoms with van der Waals surface area (Å²) in [6.07, 6.45) is 3.74. The fraction of sp³-hybridized carbons (Fsp3) is 0.481. The number of amides is 1. The lowest BCUT2D eigenvalue weighted by molar-refractivity contribution is -0.121. The van der Waals surface area contributed by atoms with Crippen LogP contribution in [0.3, 0.4) is 0 Å². The number of benzene rings is 2. The number of nitrogens with zero attached hydrogens (tertiary/aromatic N) is 3. The van der Waals surface area contributed by atoms with E-state index < -0.39 is 0 Å². The van der Waals surface area contributed by atoms with Crippen molar-refractivity contribution in [3.05, 3.63) is 65.2 Å². The Morgan fingerprint density at radius 1 is 1.00 bits per heavy atom. The lowest BCUT2D eigenvalue weighted by Crippen LogP contribution is -2.47. The van der Waals surface area contributed by atoms with E-state index in [0.29, 0.717) is 24.4 Å². The van der Waals surface area contributed by atoms with Gasteiger partial charge in [0, 0.05) is 44.8 Å². The van der Waals surface area contributed by atoms with Crippen LogP contribution >= 0.6 is 0 Å². The third kappa shape index (κ3) is 7.10. The fourth-order valence-corrected chi connectivity index (χ4v) is 4.26. The van der Waals surface area contributed by atoms with E-state index in [4.69, 9.17) is 5.26 Å². The highest BCUT2D eigenvalue weighted by atomic mass is 16.1. The molecule has 0 radical (unpaired) electrons. The van der Waals surface area contributed by atoms with Gasteiger partial charge in [0.25, 0.3) is 0 Å². The molecule has 0 saturated carbocycles. The molecule has 2 aromatic carbocycles. The fourth-order valence-electron chi connectivity index (χ4n) is 4.26. The maximum absolute atomic E-state index is 12.1. The monoisotopic (exact) mass is 432 g/mol. The molecule has 32 heavy (non-hydrogen) atoms. The van der Waals surface area contributed by atoms with Crippen molar-refractivity contribution in [1.82, 2.24) is 10.2 Å². The van der Waals surface area contributed by atoms with Crippen LogP contribution < -0.4 is 10.2 Å². The van der Waals surface area contributed by atoms with Crippen molar-refractivity contribution in [3.63, 3.8) is 0 Å². The van der Waals surface area contributed by atoms with Gasteiger partial charge in [-0.05, 0) is 54.6 Å². The second-order valence-corrected chi connectivity index (χ2v) is 8.94. The largest absolute Gasteiger partial charge is 0.369 e. The van der Waals surface area contributed by atoms with Gasteiger partial charge in [-0.25, -0.2) is 0 Å².